The van der Waals surface area contributed by atoms with Gasteiger partial charge in [-0.3, -0.25) is 0 Å². The molecule has 76 valence electrons. The molecule has 1 N–H and O–H groups in total. The number of nitrogens with one attached hydrogen (secondary N) is 1. The van der Waals surface area contributed by atoms with E-state index in [0.717, 1.165) is 0 Å². The van der Waals surface area contributed by atoms with Gasteiger partial charge in [-0.2, -0.15) is 0 Å². The minimum Gasteiger partial charge on any atom is -0.307 e. The average molecular weight is 189 g/mol. The maximum absolute atomic E-state index is 3.61. The first kappa shape index (κ1) is 9.72. The zero-order chi connectivity index (χ0) is 10.3. The number of aryl methyl sites for hydroxylation is 1. The van der Waals surface area contributed by atoms with Crippen LogP contribution in [0, 0.1) is 6.92 Å². The van der Waals surface area contributed by atoms with Crippen molar-refractivity contribution in [3.8, 4) is 0 Å². The molecule has 1 aliphatic rings. The summed E-state index contributed by atoms with van der Waals surface area (Å²) < 4.78 is 0. The minimum absolute atomic E-state index is 0.496. The van der Waals surface area contributed by atoms with Crippen LogP contribution in [0.25, 0.3) is 0 Å². The van der Waals surface area contributed by atoms with Gasteiger partial charge in [-0.05, 0) is 37.8 Å². The monoisotopic (exact) mass is 189 g/mol. The van der Waals surface area contributed by atoms with Crippen molar-refractivity contribution in [3.63, 3.8) is 0 Å². The fourth-order valence-electron chi connectivity index (χ4n) is 2.38. The molecule has 0 fully saturated rings. The molecule has 3 atom stereocenters. The molecule has 1 nitrogen and oxygen atoms in total. The Morgan fingerprint density at radius 2 is 1.79 bits per heavy atom. The Bertz CT molecular complexity index is 343. The lowest BCUT2D eigenvalue weighted by molar-refractivity contribution is 0.397. The summed E-state index contributed by atoms with van der Waals surface area (Å²) in [5.74, 6) is 0.627. The Kier molecular flexibility index (Phi) is 2.36. The van der Waals surface area contributed by atoms with Crippen molar-refractivity contribution >= 4 is 0 Å². The van der Waals surface area contributed by atoms with Gasteiger partial charge in [-0.1, -0.05) is 30.7 Å². The molecule has 0 amide bonds. The van der Waals surface area contributed by atoms with Crippen LogP contribution in [0.5, 0.6) is 0 Å². The van der Waals surface area contributed by atoms with E-state index >= 15 is 0 Å². The Morgan fingerprint density at radius 3 is 2.50 bits per heavy atom. The number of fused-ring (bicyclic) bond motifs is 1. The Labute approximate surface area is 86.5 Å². The number of benzene rings is 1. The lowest BCUT2D eigenvalue weighted by Crippen LogP contribution is -2.38. The molecule has 0 saturated carbocycles. The Hall–Kier alpha value is -0.820. The maximum Gasteiger partial charge on any atom is 0.0297 e. The molecule has 1 heteroatoms. The summed E-state index contributed by atoms with van der Waals surface area (Å²) in [7, 11) is 0. The van der Waals surface area contributed by atoms with Gasteiger partial charge in [-0.25, -0.2) is 0 Å². The van der Waals surface area contributed by atoms with Gasteiger partial charge in [0.25, 0.3) is 0 Å². The van der Waals surface area contributed by atoms with E-state index in [4.69, 9.17) is 0 Å². The Balaban J connectivity index is 2.50. The summed E-state index contributed by atoms with van der Waals surface area (Å²) in [6.45, 7) is 8.98. The van der Waals surface area contributed by atoms with E-state index in [0.29, 0.717) is 18.0 Å². The van der Waals surface area contributed by atoms with Crippen molar-refractivity contribution in [1.82, 2.24) is 5.32 Å². The molecule has 3 unspecified atom stereocenters. The molecule has 14 heavy (non-hydrogen) atoms. The third-order valence-corrected chi connectivity index (χ3v) is 3.46. The molecule has 1 aliphatic heterocycles. The highest BCUT2D eigenvalue weighted by Gasteiger charge is 2.26. The maximum atomic E-state index is 3.61. The molecular weight excluding hydrogens is 170 g/mol. The molecule has 0 aliphatic carbocycles. The highest BCUT2D eigenvalue weighted by molar-refractivity contribution is 5.38. The van der Waals surface area contributed by atoms with E-state index in [9.17, 15) is 0 Å². The van der Waals surface area contributed by atoms with E-state index in [-0.39, 0.29) is 0 Å². The molecule has 1 aromatic carbocycles. The first-order valence-electron chi connectivity index (χ1n) is 5.46. The highest BCUT2D eigenvalue weighted by atomic mass is 15.0. The van der Waals surface area contributed by atoms with Crippen molar-refractivity contribution < 1.29 is 0 Å². The predicted octanol–water partition coefficient (Wildman–Crippen LogP) is 3.15. The molecular formula is C13H19N. The lowest BCUT2D eigenvalue weighted by atomic mass is 9.83. The summed E-state index contributed by atoms with van der Waals surface area (Å²) in [4.78, 5) is 0. The molecule has 0 aromatic heterocycles. The summed E-state index contributed by atoms with van der Waals surface area (Å²) >= 11 is 0. The van der Waals surface area contributed by atoms with Crippen molar-refractivity contribution in [2.75, 3.05) is 0 Å². The van der Waals surface area contributed by atoms with Crippen molar-refractivity contribution in [1.29, 1.82) is 0 Å². The molecule has 0 radical (unpaired) electrons. The highest BCUT2D eigenvalue weighted by Crippen LogP contribution is 2.33. The quantitative estimate of drug-likeness (QED) is 0.661. The van der Waals surface area contributed by atoms with Crippen molar-refractivity contribution in [2.45, 2.75) is 45.7 Å². The zero-order valence-corrected chi connectivity index (χ0v) is 9.46. The third kappa shape index (κ3) is 1.46. The second-order valence-corrected chi connectivity index (χ2v) is 4.60. The Morgan fingerprint density at radius 1 is 1.07 bits per heavy atom. The van der Waals surface area contributed by atoms with Gasteiger partial charge in [0.2, 0.25) is 0 Å². The van der Waals surface area contributed by atoms with Crippen LogP contribution in [-0.2, 0) is 0 Å². The van der Waals surface area contributed by atoms with Crippen molar-refractivity contribution in [2.24, 2.45) is 0 Å². The van der Waals surface area contributed by atoms with Gasteiger partial charge in [0.1, 0.15) is 0 Å². The van der Waals surface area contributed by atoms with E-state index in [1.165, 1.54) is 16.7 Å². The fraction of sp³-hybridized carbons (Fsp3) is 0.538. The number of hydrogen-bond acceptors (Lipinski definition) is 1. The standard InChI is InChI=1S/C13H19N/c1-8-5-6-12-9(2)10(3)14-11(4)13(12)7-8/h5-7,9-11,14H,1-4H3. The molecule has 0 saturated heterocycles. The van der Waals surface area contributed by atoms with Crippen LogP contribution in [0.2, 0.25) is 0 Å². The molecule has 1 heterocycles. The van der Waals surface area contributed by atoms with Crippen LogP contribution in [0.1, 0.15) is 49.4 Å². The normalized spacial score (nSPS) is 31.3. The predicted molar refractivity (Wildman–Crippen MR) is 60.6 cm³/mol. The number of hydrogen-bond donors (Lipinski definition) is 1. The first-order chi connectivity index (χ1) is 6.59. The second kappa shape index (κ2) is 3.39. The topological polar surface area (TPSA) is 12.0 Å². The van der Waals surface area contributed by atoms with Crippen molar-refractivity contribution in [3.05, 3.63) is 34.9 Å². The van der Waals surface area contributed by atoms with Gasteiger partial charge in [-0.15, -0.1) is 0 Å². The van der Waals surface area contributed by atoms with Crippen LogP contribution in [0.4, 0.5) is 0 Å². The second-order valence-electron chi connectivity index (χ2n) is 4.60. The van der Waals surface area contributed by atoms with E-state index in [2.05, 4.69) is 51.2 Å². The van der Waals surface area contributed by atoms with Crippen LogP contribution in [-0.4, -0.2) is 6.04 Å². The largest absolute Gasteiger partial charge is 0.307 e. The van der Waals surface area contributed by atoms with Gasteiger partial charge >= 0.3 is 0 Å². The van der Waals surface area contributed by atoms with E-state index in [1.807, 2.05) is 0 Å². The summed E-state index contributed by atoms with van der Waals surface area (Å²) in [6, 6.07) is 7.91. The molecule has 1 aromatic rings. The van der Waals surface area contributed by atoms with E-state index < -0.39 is 0 Å². The minimum atomic E-state index is 0.496. The number of rotatable bonds is 0. The zero-order valence-electron chi connectivity index (χ0n) is 9.46. The molecule has 0 spiro atoms. The van der Waals surface area contributed by atoms with Crippen LogP contribution in [0.3, 0.4) is 0 Å². The SMILES string of the molecule is Cc1ccc2c(c1)C(C)NC(C)C2C. The molecule has 2 rings (SSSR count). The smallest absolute Gasteiger partial charge is 0.0297 e. The fourth-order valence-corrected chi connectivity index (χ4v) is 2.38. The first-order valence-corrected chi connectivity index (χ1v) is 5.46. The van der Waals surface area contributed by atoms with Gasteiger partial charge in [0.15, 0.2) is 0 Å². The lowest BCUT2D eigenvalue weighted by Gasteiger charge is -2.34. The summed E-state index contributed by atoms with van der Waals surface area (Å²) in [5, 5.41) is 3.61. The summed E-state index contributed by atoms with van der Waals surface area (Å²) in [6.07, 6.45) is 0. The van der Waals surface area contributed by atoms with Crippen LogP contribution < -0.4 is 5.32 Å². The van der Waals surface area contributed by atoms with Gasteiger partial charge in [0, 0.05) is 12.1 Å². The molecule has 0 bridgehead atoms. The van der Waals surface area contributed by atoms with Crippen LogP contribution in [0.15, 0.2) is 18.2 Å². The average Bonchev–Trinajstić information content (AvgIpc) is 2.14. The van der Waals surface area contributed by atoms with Gasteiger partial charge in [0.05, 0.1) is 0 Å². The van der Waals surface area contributed by atoms with Gasteiger partial charge < -0.3 is 5.32 Å². The summed E-state index contributed by atoms with van der Waals surface area (Å²) in [5.41, 5.74) is 4.36. The third-order valence-electron chi connectivity index (χ3n) is 3.46. The van der Waals surface area contributed by atoms with E-state index in [1.54, 1.807) is 0 Å². The van der Waals surface area contributed by atoms with Crippen LogP contribution >= 0.6 is 0 Å².